The third-order valence-electron chi connectivity index (χ3n) is 4.61. The van der Waals surface area contributed by atoms with Crippen LogP contribution in [0.5, 0.6) is 0 Å². The number of halogens is 2. The summed E-state index contributed by atoms with van der Waals surface area (Å²) >= 11 is 0. The summed E-state index contributed by atoms with van der Waals surface area (Å²) in [7, 11) is -3.86. The normalized spacial score (nSPS) is 32.9. The number of hydrogen-bond acceptors (Lipinski definition) is 9. The third-order valence-corrected chi connectivity index (χ3v) is 6.14. The van der Waals surface area contributed by atoms with Gasteiger partial charge in [0.2, 0.25) is 6.23 Å². The van der Waals surface area contributed by atoms with Crippen LogP contribution in [0.1, 0.15) is 17.9 Å². The van der Waals surface area contributed by atoms with E-state index < -0.39 is 50.5 Å². The minimum absolute atomic E-state index is 0.0321. The molecule has 11 nitrogen and oxygen atoms in total. The van der Waals surface area contributed by atoms with Crippen LogP contribution in [0.2, 0.25) is 0 Å². The fourth-order valence-electron chi connectivity index (χ4n) is 3.09. The van der Waals surface area contributed by atoms with Crippen molar-refractivity contribution in [3.05, 3.63) is 52.8 Å². The number of pyridine rings is 1. The average Bonchev–Trinajstić information content (AvgIpc) is 3.21. The summed E-state index contributed by atoms with van der Waals surface area (Å²) in [5.41, 5.74) is -0.525. The van der Waals surface area contributed by atoms with Crippen LogP contribution in [0.25, 0.3) is 0 Å². The number of aromatic nitrogens is 3. The summed E-state index contributed by atoms with van der Waals surface area (Å²) in [5.74, 6) is -4.07. The molecule has 5 atom stereocenters. The van der Waals surface area contributed by atoms with Gasteiger partial charge in [0.05, 0.1) is 13.2 Å². The maximum atomic E-state index is 14.2. The van der Waals surface area contributed by atoms with Crippen LogP contribution in [-0.2, 0) is 18.3 Å². The van der Waals surface area contributed by atoms with Crippen LogP contribution in [0.3, 0.4) is 0 Å². The topological polar surface area (TPSA) is 145 Å². The molecule has 0 bridgehead atoms. The minimum atomic E-state index is -3.86. The van der Waals surface area contributed by atoms with Gasteiger partial charge in [0.1, 0.15) is 18.0 Å². The first-order chi connectivity index (χ1) is 14.2. The zero-order valence-electron chi connectivity index (χ0n) is 15.2. The van der Waals surface area contributed by atoms with Crippen molar-refractivity contribution in [2.24, 2.45) is 0 Å². The third kappa shape index (κ3) is 3.75. The van der Waals surface area contributed by atoms with Crippen molar-refractivity contribution in [3.8, 4) is 0 Å². The van der Waals surface area contributed by atoms with Gasteiger partial charge < -0.3 is 14.9 Å². The molecular formula is C16H17F2N4O7P. The van der Waals surface area contributed by atoms with Crippen molar-refractivity contribution in [1.82, 2.24) is 14.5 Å². The van der Waals surface area contributed by atoms with Crippen LogP contribution in [0.15, 0.2) is 41.6 Å². The lowest BCUT2D eigenvalue weighted by atomic mass is 10.1. The average molecular weight is 446 g/mol. The van der Waals surface area contributed by atoms with E-state index >= 15 is 0 Å². The van der Waals surface area contributed by atoms with Gasteiger partial charge in [0, 0.05) is 24.2 Å². The van der Waals surface area contributed by atoms with E-state index in [1.54, 1.807) is 18.3 Å². The summed E-state index contributed by atoms with van der Waals surface area (Å²) in [6.07, 6.45) is -2.64. The van der Waals surface area contributed by atoms with E-state index in [1.807, 2.05) is 0 Å². The molecular weight excluding hydrogens is 429 g/mol. The van der Waals surface area contributed by atoms with E-state index in [2.05, 4.69) is 15.1 Å². The van der Waals surface area contributed by atoms with Crippen molar-refractivity contribution in [2.45, 2.75) is 30.5 Å². The van der Waals surface area contributed by atoms with Crippen LogP contribution >= 0.6 is 7.75 Å². The van der Waals surface area contributed by atoms with Gasteiger partial charge in [-0.2, -0.15) is 13.8 Å². The summed E-state index contributed by atoms with van der Waals surface area (Å²) in [6, 6.07) is 4.49. The first kappa shape index (κ1) is 21.0. The Hall–Kier alpha value is -2.28. The zero-order valence-corrected chi connectivity index (χ0v) is 16.1. The first-order valence-corrected chi connectivity index (χ1v) is 10.3. The molecule has 0 spiro atoms. The van der Waals surface area contributed by atoms with E-state index in [4.69, 9.17) is 18.9 Å². The maximum Gasteiger partial charge on any atom is 0.434 e. The highest BCUT2D eigenvalue weighted by Gasteiger charge is 2.59. The van der Waals surface area contributed by atoms with E-state index in [0.29, 0.717) is 10.1 Å². The number of alkyl halides is 2. The largest absolute Gasteiger partial charge is 0.434 e. The lowest BCUT2D eigenvalue weighted by molar-refractivity contribution is -0.140. The van der Waals surface area contributed by atoms with Crippen molar-refractivity contribution < 1.29 is 37.3 Å². The second-order valence-corrected chi connectivity index (χ2v) is 8.30. The van der Waals surface area contributed by atoms with Crippen LogP contribution in [0.4, 0.5) is 14.6 Å². The molecule has 3 N–H and O–H groups in total. The Morgan fingerprint density at radius 3 is 2.83 bits per heavy atom. The molecule has 2 saturated heterocycles. The number of anilines is 1. The van der Waals surface area contributed by atoms with Crippen molar-refractivity contribution in [1.29, 1.82) is 0 Å². The van der Waals surface area contributed by atoms with E-state index in [9.17, 15) is 23.2 Å². The van der Waals surface area contributed by atoms with Gasteiger partial charge in [-0.15, -0.1) is 0 Å². The second-order valence-electron chi connectivity index (χ2n) is 6.62. The Labute approximate surface area is 167 Å². The number of aliphatic hydroxyl groups is 2. The zero-order chi connectivity index (χ0) is 21.5. The standard InChI is InChI=1S/C16H17F2N4O7P/c17-16(18)13(24)10(7-23)28-14(16)22-5-3-12(20-15(22)25)21-30(26)27-8-11(29-30)9-2-1-4-19-6-9/h1-6,10-11,13-14,23-24H,7-8H2,(H,20,21,25,26)/t10-,11?,13-,14-,30?/m1/s1. The molecule has 0 aliphatic carbocycles. The number of nitrogens with zero attached hydrogens (tertiary/aromatic N) is 3. The van der Waals surface area contributed by atoms with Crippen molar-refractivity contribution in [3.63, 3.8) is 0 Å². The fraction of sp³-hybridized carbons (Fsp3) is 0.438. The molecule has 4 heterocycles. The predicted molar refractivity (Wildman–Crippen MR) is 95.7 cm³/mol. The van der Waals surface area contributed by atoms with Crippen LogP contribution in [0, 0.1) is 0 Å². The Morgan fingerprint density at radius 1 is 1.40 bits per heavy atom. The molecule has 0 radical (unpaired) electrons. The van der Waals surface area contributed by atoms with Crippen molar-refractivity contribution >= 4 is 13.6 Å². The van der Waals surface area contributed by atoms with Gasteiger partial charge in [-0.3, -0.25) is 23.7 Å². The SMILES string of the molecule is O=c1nc(NP2(=O)OCC(c3cccnc3)O2)ccn1[C@@H]1O[C@H](CO)[C@@H](O)C1(F)F. The number of ether oxygens (including phenoxy) is 1. The number of nitrogens with one attached hydrogen (secondary N) is 1. The van der Waals surface area contributed by atoms with E-state index in [-0.39, 0.29) is 12.4 Å². The molecule has 2 aromatic heterocycles. The lowest BCUT2D eigenvalue weighted by Gasteiger charge is -2.21. The minimum Gasteiger partial charge on any atom is -0.394 e. The van der Waals surface area contributed by atoms with Gasteiger partial charge in [-0.05, 0) is 12.1 Å². The van der Waals surface area contributed by atoms with Gasteiger partial charge in [-0.25, -0.2) is 9.36 Å². The molecule has 2 aliphatic heterocycles. The summed E-state index contributed by atoms with van der Waals surface area (Å²) in [6.45, 7) is -0.888. The Kier molecular flexibility index (Phi) is 5.43. The first-order valence-electron chi connectivity index (χ1n) is 8.76. The summed E-state index contributed by atoms with van der Waals surface area (Å²) < 4.78 is 57.1. The smallest absolute Gasteiger partial charge is 0.394 e. The number of rotatable bonds is 5. The fourth-order valence-corrected chi connectivity index (χ4v) is 4.52. The Morgan fingerprint density at radius 2 is 2.20 bits per heavy atom. The monoisotopic (exact) mass is 446 g/mol. The second kappa shape index (κ2) is 7.76. The van der Waals surface area contributed by atoms with Crippen molar-refractivity contribution in [2.75, 3.05) is 18.3 Å². The molecule has 0 saturated carbocycles. The molecule has 4 rings (SSSR count). The van der Waals surface area contributed by atoms with Gasteiger partial charge in [-0.1, -0.05) is 6.07 Å². The van der Waals surface area contributed by atoms with Gasteiger partial charge in [0.15, 0.2) is 6.10 Å². The highest BCUT2D eigenvalue weighted by molar-refractivity contribution is 7.55. The Balaban J connectivity index is 1.51. The summed E-state index contributed by atoms with van der Waals surface area (Å²) in [5, 5.41) is 21.0. The molecule has 2 aromatic rings. The highest BCUT2D eigenvalue weighted by Crippen LogP contribution is 2.56. The molecule has 0 amide bonds. The predicted octanol–water partition coefficient (Wildman–Crippen LogP) is 0.832. The molecule has 30 heavy (non-hydrogen) atoms. The number of aliphatic hydroxyl groups excluding tert-OH is 2. The van der Waals surface area contributed by atoms with E-state index in [0.717, 1.165) is 12.3 Å². The maximum absolute atomic E-state index is 14.2. The molecule has 2 aliphatic rings. The lowest BCUT2D eigenvalue weighted by Crippen LogP contribution is -2.41. The summed E-state index contributed by atoms with van der Waals surface area (Å²) in [4.78, 5) is 19.8. The highest BCUT2D eigenvalue weighted by atomic mass is 31.2. The molecule has 0 aromatic carbocycles. The van der Waals surface area contributed by atoms with Gasteiger partial charge >= 0.3 is 19.4 Å². The van der Waals surface area contributed by atoms with Crippen LogP contribution < -0.4 is 10.8 Å². The Bertz CT molecular complexity index is 1020. The number of hydrogen-bond donors (Lipinski definition) is 3. The molecule has 14 heteroatoms. The molecule has 2 fully saturated rings. The molecule has 162 valence electrons. The van der Waals surface area contributed by atoms with Gasteiger partial charge in [0.25, 0.3) is 0 Å². The van der Waals surface area contributed by atoms with Crippen LogP contribution in [-0.4, -0.2) is 56.1 Å². The van der Waals surface area contributed by atoms with E-state index in [1.165, 1.54) is 6.20 Å². The quantitative estimate of drug-likeness (QED) is 0.565. The molecule has 2 unspecified atom stereocenters.